The molecule has 19 heteroatoms. The molecule has 292 valence electrons. The van der Waals surface area contributed by atoms with Crippen LogP contribution in [0.15, 0.2) is 24.3 Å². The third kappa shape index (κ3) is 11.1. The molecule has 2 saturated heterocycles. The first kappa shape index (κ1) is 42.1. The van der Waals surface area contributed by atoms with Gasteiger partial charge in [-0.3, -0.25) is 38.5 Å². The average molecular weight is 748 g/mol. The average Bonchev–Trinajstić information content (AvgIpc) is 3.38. The number of carbonyl (C=O) groups excluding carboxylic acids is 8. The van der Waals surface area contributed by atoms with Crippen LogP contribution in [0.2, 0.25) is 0 Å². The summed E-state index contributed by atoms with van der Waals surface area (Å²) in [6.45, 7) is 7.12. The lowest BCUT2D eigenvalue weighted by Gasteiger charge is -2.35. The highest BCUT2D eigenvalue weighted by molar-refractivity contribution is 5.99. The predicted octanol–water partition coefficient (Wildman–Crippen LogP) is -3.06. The summed E-state index contributed by atoms with van der Waals surface area (Å²) in [7, 11) is 0. The van der Waals surface area contributed by atoms with Crippen LogP contribution in [0.1, 0.15) is 65.9 Å². The summed E-state index contributed by atoms with van der Waals surface area (Å²) in [4.78, 5) is 109. The van der Waals surface area contributed by atoms with Crippen LogP contribution in [0.4, 0.5) is 0 Å². The SMILES string of the molecule is CCC(C)C1NC(=O)C(NC(=O)CC(C)O)C2OC(=O)C(C)N2C(=O)C(CCC(N)=O)NC(=O)C(C(C)O)NC(=O)C(Cc2ccc(O)cc2)NC1=O. The highest BCUT2D eigenvalue weighted by atomic mass is 16.6. The Bertz CT molecular complexity index is 1550. The normalized spacial score (nSPS) is 27.6. The van der Waals surface area contributed by atoms with Crippen molar-refractivity contribution < 1.29 is 58.4 Å². The topological polar surface area (TPSA) is 296 Å². The zero-order chi connectivity index (χ0) is 39.7. The lowest BCUT2D eigenvalue weighted by atomic mass is 9.96. The largest absolute Gasteiger partial charge is 0.508 e. The molecule has 2 aliphatic rings. The fraction of sp³-hybridized carbons (Fsp3) is 0.588. The summed E-state index contributed by atoms with van der Waals surface area (Å²) in [6.07, 6.45) is -5.83. The van der Waals surface area contributed by atoms with Crippen molar-refractivity contribution in [1.82, 2.24) is 31.5 Å². The second-order valence-corrected chi connectivity index (χ2v) is 13.4. The molecule has 0 aromatic heterocycles. The van der Waals surface area contributed by atoms with E-state index in [0.29, 0.717) is 12.0 Å². The van der Waals surface area contributed by atoms with E-state index in [-0.39, 0.29) is 12.2 Å². The van der Waals surface area contributed by atoms with E-state index in [0.717, 1.165) is 4.90 Å². The lowest BCUT2D eigenvalue weighted by Crippen LogP contribution is -2.66. The quantitative estimate of drug-likeness (QED) is 0.102. The van der Waals surface area contributed by atoms with Crippen molar-refractivity contribution in [2.75, 3.05) is 0 Å². The molecule has 7 amide bonds. The summed E-state index contributed by atoms with van der Waals surface area (Å²) in [5, 5.41) is 42.6. The Morgan fingerprint density at radius 1 is 0.887 bits per heavy atom. The first-order valence-corrected chi connectivity index (χ1v) is 17.3. The van der Waals surface area contributed by atoms with Gasteiger partial charge >= 0.3 is 5.97 Å². The maximum Gasteiger partial charge on any atom is 0.330 e. The first-order valence-electron chi connectivity index (χ1n) is 17.3. The maximum absolute atomic E-state index is 14.3. The Morgan fingerprint density at radius 2 is 1.47 bits per heavy atom. The summed E-state index contributed by atoms with van der Waals surface area (Å²) < 4.78 is 5.46. The minimum atomic E-state index is -1.87. The fourth-order valence-corrected chi connectivity index (χ4v) is 5.85. The number of benzene rings is 1. The van der Waals surface area contributed by atoms with Gasteiger partial charge in [-0.2, -0.15) is 0 Å². The van der Waals surface area contributed by atoms with Gasteiger partial charge in [0.2, 0.25) is 47.6 Å². The van der Waals surface area contributed by atoms with E-state index in [9.17, 15) is 53.7 Å². The molecule has 10 N–H and O–H groups in total. The second-order valence-electron chi connectivity index (χ2n) is 13.4. The van der Waals surface area contributed by atoms with Crippen molar-refractivity contribution in [3.63, 3.8) is 0 Å². The minimum Gasteiger partial charge on any atom is -0.508 e. The lowest BCUT2D eigenvalue weighted by molar-refractivity contribution is -0.153. The van der Waals surface area contributed by atoms with Crippen LogP contribution < -0.4 is 32.3 Å². The number of amides is 7. The van der Waals surface area contributed by atoms with E-state index in [1.807, 2.05) is 0 Å². The van der Waals surface area contributed by atoms with Crippen LogP contribution in [0.3, 0.4) is 0 Å². The van der Waals surface area contributed by atoms with Crippen molar-refractivity contribution in [2.24, 2.45) is 11.7 Å². The number of nitrogens with two attached hydrogens (primary N) is 1. The number of ether oxygens (including phenoxy) is 1. The van der Waals surface area contributed by atoms with Crippen LogP contribution in [-0.2, 0) is 49.5 Å². The number of hydrogen-bond donors (Lipinski definition) is 9. The molecule has 2 fully saturated rings. The number of nitrogens with zero attached hydrogens (tertiary/aromatic N) is 1. The van der Waals surface area contributed by atoms with Gasteiger partial charge in [0.1, 0.15) is 36.0 Å². The fourth-order valence-electron chi connectivity index (χ4n) is 5.85. The second kappa shape index (κ2) is 18.5. The van der Waals surface area contributed by atoms with Gasteiger partial charge in [-0.25, -0.2) is 4.79 Å². The van der Waals surface area contributed by atoms with Crippen molar-refractivity contribution >= 4 is 47.3 Å². The molecule has 2 heterocycles. The molecule has 0 saturated carbocycles. The number of aliphatic hydroxyl groups excluding tert-OH is 2. The number of nitrogens with one attached hydrogen (secondary N) is 5. The van der Waals surface area contributed by atoms with Crippen molar-refractivity contribution in [3.05, 3.63) is 29.8 Å². The maximum atomic E-state index is 14.3. The molecule has 53 heavy (non-hydrogen) atoms. The van der Waals surface area contributed by atoms with Gasteiger partial charge < -0.3 is 52.4 Å². The number of phenols is 1. The van der Waals surface area contributed by atoms with Gasteiger partial charge in [-0.05, 0) is 50.8 Å². The molecule has 2 aliphatic heterocycles. The van der Waals surface area contributed by atoms with Gasteiger partial charge in [0.05, 0.1) is 18.6 Å². The number of phenolic OH excluding ortho intramolecular Hbond substituents is 1. The van der Waals surface area contributed by atoms with Gasteiger partial charge in [-0.15, -0.1) is 0 Å². The van der Waals surface area contributed by atoms with Gasteiger partial charge in [0.15, 0.2) is 6.04 Å². The number of esters is 1. The van der Waals surface area contributed by atoms with Crippen LogP contribution in [0.5, 0.6) is 5.75 Å². The predicted molar refractivity (Wildman–Crippen MR) is 184 cm³/mol. The summed E-state index contributed by atoms with van der Waals surface area (Å²) in [6, 6.07) is -3.76. The molecule has 0 spiro atoms. The molecule has 0 bridgehead atoms. The Hall–Kier alpha value is -5.30. The molecule has 10 unspecified atom stereocenters. The number of primary amides is 1. The highest BCUT2D eigenvalue weighted by Crippen LogP contribution is 2.25. The molecular weight excluding hydrogens is 698 g/mol. The van der Waals surface area contributed by atoms with Gasteiger partial charge in [0.25, 0.3) is 0 Å². The Morgan fingerprint density at radius 3 is 2.04 bits per heavy atom. The third-order valence-corrected chi connectivity index (χ3v) is 9.05. The van der Waals surface area contributed by atoms with Crippen LogP contribution in [0, 0.1) is 5.92 Å². The summed E-state index contributed by atoms with van der Waals surface area (Å²) in [5.74, 6) is -8.43. The molecule has 0 radical (unpaired) electrons. The van der Waals surface area contributed by atoms with E-state index < -0.39 is 127 Å². The van der Waals surface area contributed by atoms with E-state index in [1.54, 1.807) is 13.8 Å². The first-order chi connectivity index (χ1) is 24.8. The number of aromatic hydroxyl groups is 1. The molecule has 19 nitrogen and oxygen atoms in total. The number of fused-ring (bicyclic) bond motifs is 1. The zero-order valence-corrected chi connectivity index (χ0v) is 30.2. The van der Waals surface area contributed by atoms with Gasteiger partial charge in [-0.1, -0.05) is 32.4 Å². The Kier molecular flexibility index (Phi) is 14.7. The molecule has 1 aromatic carbocycles. The monoisotopic (exact) mass is 747 g/mol. The van der Waals surface area contributed by atoms with E-state index in [2.05, 4.69) is 26.6 Å². The van der Waals surface area contributed by atoms with Crippen LogP contribution in [0.25, 0.3) is 0 Å². The molecule has 3 rings (SSSR count). The Balaban J connectivity index is 2.22. The molecular formula is C34H49N7O12. The molecule has 1 aromatic rings. The summed E-state index contributed by atoms with van der Waals surface area (Å²) in [5.41, 5.74) is 5.81. The van der Waals surface area contributed by atoms with Crippen molar-refractivity contribution in [2.45, 2.75) is 121 Å². The molecule has 0 aliphatic carbocycles. The number of carbonyl (C=O) groups is 8. The minimum absolute atomic E-state index is 0.0676. The Labute approximate surface area is 305 Å². The van der Waals surface area contributed by atoms with E-state index in [4.69, 9.17) is 10.5 Å². The number of hydrogen-bond acceptors (Lipinski definition) is 12. The zero-order valence-electron chi connectivity index (χ0n) is 30.2. The molecule has 10 atom stereocenters. The van der Waals surface area contributed by atoms with Gasteiger partial charge in [0, 0.05) is 12.8 Å². The van der Waals surface area contributed by atoms with E-state index in [1.165, 1.54) is 45.0 Å². The van der Waals surface area contributed by atoms with Crippen molar-refractivity contribution in [3.8, 4) is 5.75 Å². The van der Waals surface area contributed by atoms with Crippen LogP contribution in [-0.4, -0.2) is 122 Å². The summed E-state index contributed by atoms with van der Waals surface area (Å²) >= 11 is 0. The van der Waals surface area contributed by atoms with Crippen molar-refractivity contribution in [1.29, 1.82) is 0 Å². The smallest absolute Gasteiger partial charge is 0.330 e. The highest BCUT2D eigenvalue weighted by Gasteiger charge is 2.51. The van der Waals surface area contributed by atoms with Crippen LogP contribution >= 0.6 is 0 Å². The number of rotatable bonds is 11. The van der Waals surface area contributed by atoms with E-state index >= 15 is 0 Å². The third-order valence-electron chi connectivity index (χ3n) is 9.05. The number of aliphatic hydroxyl groups is 2. The standard InChI is InChI=1S/C34H49N7O12/c1-6-15(2)25-29(48)37-22(14-19-7-9-20(44)10-8-19)28(47)40-26(18(5)43)30(49)36-21(11-12-23(35)45)32(51)41-17(4)34(52)53-33(41)27(31(50)39-25)38-24(46)13-16(3)42/h7-10,15-18,21-22,25-27,33,42-44H,6,11-14H2,1-5H3,(H2,35,45)(H,36,49)(H,37,48)(H,38,46)(H,39,50)(H,40,47).